The van der Waals surface area contributed by atoms with Crippen LogP contribution < -0.4 is 14.8 Å². The van der Waals surface area contributed by atoms with Crippen molar-refractivity contribution in [1.82, 2.24) is 14.8 Å². The second-order valence-electron chi connectivity index (χ2n) is 7.21. The van der Waals surface area contributed by atoms with Gasteiger partial charge in [0.05, 0.1) is 31.7 Å². The number of nitrogens with one attached hydrogen (secondary N) is 1. The van der Waals surface area contributed by atoms with Gasteiger partial charge in [0.1, 0.15) is 11.4 Å². The van der Waals surface area contributed by atoms with Gasteiger partial charge in [-0.3, -0.25) is 10.1 Å². The predicted octanol–water partition coefficient (Wildman–Crippen LogP) is 5.53. The van der Waals surface area contributed by atoms with Crippen molar-refractivity contribution in [2.24, 2.45) is 0 Å². The van der Waals surface area contributed by atoms with Crippen LogP contribution >= 0.6 is 11.3 Å². The van der Waals surface area contributed by atoms with E-state index in [2.05, 4.69) is 10.3 Å². The zero-order chi connectivity index (χ0) is 23.5. The number of ether oxygens (including phenoxy) is 2. The SMILES string of the molecule is COc1ccc(-c2nn(-c3ccccc3)cc2C(=O)Nc2nc(-c3ccco3)cs2)cc1OC. The molecule has 0 aliphatic carbocycles. The molecule has 0 saturated heterocycles. The van der Waals surface area contributed by atoms with Crippen molar-refractivity contribution < 1.29 is 18.7 Å². The van der Waals surface area contributed by atoms with Gasteiger partial charge < -0.3 is 13.9 Å². The number of hydrogen-bond donors (Lipinski definition) is 1. The average Bonchev–Trinajstić information content (AvgIpc) is 3.65. The Labute approximate surface area is 199 Å². The largest absolute Gasteiger partial charge is 0.493 e. The highest BCUT2D eigenvalue weighted by atomic mass is 32.1. The topological polar surface area (TPSA) is 91.4 Å². The fourth-order valence-electron chi connectivity index (χ4n) is 3.48. The molecule has 5 rings (SSSR count). The Bertz CT molecular complexity index is 1420. The summed E-state index contributed by atoms with van der Waals surface area (Å²) >= 11 is 1.32. The first-order valence-corrected chi connectivity index (χ1v) is 11.2. The summed E-state index contributed by atoms with van der Waals surface area (Å²) in [6, 6.07) is 18.6. The quantitative estimate of drug-likeness (QED) is 0.335. The van der Waals surface area contributed by atoms with E-state index in [0.29, 0.717) is 44.9 Å². The number of carbonyl (C=O) groups is 1. The van der Waals surface area contributed by atoms with Crippen LogP contribution in [0.4, 0.5) is 5.13 Å². The van der Waals surface area contributed by atoms with Crippen molar-refractivity contribution >= 4 is 22.4 Å². The van der Waals surface area contributed by atoms with Gasteiger partial charge >= 0.3 is 0 Å². The lowest BCUT2D eigenvalue weighted by Gasteiger charge is -2.09. The molecule has 170 valence electrons. The van der Waals surface area contributed by atoms with Crippen molar-refractivity contribution in [3.63, 3.8) is 0 Å². The van der Waals surface area contributed by atoms with E-state index >= 15 is 0 Å². The minimum Gasteiger partial charge on any atom is -0.493 e. The number of methoxy groups -OCH3 is 2. The molecule has 0 radical (unpaired) electrons. The zero-order valence-corrected chi connectivity index (χ0v) is 19.2. The maximum atomic E-state index is 13.3. The number of furan rings is 1. The van der Waals surface area contributed by atoms with Gasteiger partial charge in [-0.2, -0.15) is 5.10 Å². The Morgan fingerprint density at radius 2 is 1.85 bits per heavy atom. The van der Waals surface area contributed by atoms with E-state index in [1.54, 1.807) is 49.6 Å². The summed E-state index contributed by atoms with van der Waals surface area (Å²) in [5, 5.41) is 9.89. The van der Waals surface area contributed by atoms with Crippen LogP contribution in [0.1, 0.15) is 10.4 Å². The Balaban J connectivity index is 1.53. The molecule has 34 heavy (non-hydrogen) atoms. The van der Waals surface area contributed by atoms with Gasteiger partial charge in [-0.25, -0.2) is 9.67 Å². The van der Waals surface area contributed by atoms with E-state index < -0.39 is 0 Å². The van der Waals surface area contributed by atoms with Crippen molar-refractivity contribution in [2.75, 3.05) is 19.5 Å². The zero-order valence-electron chi connectivity index (χ0n) is 18.4. The van der Waals surface area contributed by atoms with Gasteiger partial charge in [0.25, 0.3) is 5.91 Å². The molecular weight excluding hydrogens is 452 g/mol. The van der Waals surface area contributed by atoms with Crippen LogP contribution in [-0.4, -0.2) is 34.9 Å². The molecule has 1 N–H and O–H groups in total. The molecule has 3 heterocycles. The van der Waals surface area contributed by atoms with Crippen LogP contribution in [-0.2, 0) is 0 Å². The highest BCUT2D eigenvalue weighted by Crippen LogP contribution is 2.34. The Hall–Kier alpha value is -4.37. The van der Waals surface area contributed by atoms with Gasteiger partial charge in [-0.1, -0.05) is 18.2 Å². The first-order valence-electron chi connectivity index (χ1n) is 10.3. The molecule has 0 atom stereocenters. The van der Waals surface area contributed by atoms with Crippen LogP contribution in [0.5, 0.6) is 11.5 Å². The maximum Gasteiger partial charge on any atom is 0.261 e. The third-order valence-electron chi connectivity index (χ3n) is 5.13. The van der Waals surface area contributed by atoms with E-state index in [0.717, 1.165) is 5.69 Å². The van der Waals surface area contributed by atoms with E-state index in [1.165, 1.54) is 11.3 Å². The van der Waals surface area contributed by atoms with E-state index in [1.807, 2.05) is 47.8 Å². The second-order valence-corrected chi connectivity index (χ2v) is 8.07. The summed E-state index contributed by atoms with van der Waals surface area (Å²) in [6.45, 7) is 0. The van der Waals surface area contributed by atoms with Crippen LogP contribution in [0, 0.1) is 0 Å². The van der Waals surface area contributed by atoms with Crippen LogP contribution in [0.25, 0.3) is 28.4 Å². The molecule has 0 aliphatic heterocycles. The lowest BCUT2D eigenvalue weighted by molar-refractivity contribution is 0.102. The first-order chi connectivity index (χ1) is 16.7. The second kappa shape index (κ2) is 9.24. The van der Waals surface area contributed by atoms with Crippen molar-refractivity contribution in [3.8, 4) is 39.9 Å². The van der Waals surface area contributed by atoms with Crippen molar-refractivity contribution in [2.45, 2.75) is 0 Å². The Morgan fingerprint density at radius 3 is 2.59 bits per heavy atom. The number of rotatable bonds is 7. The van der Waals surface area contributed by atoms with Crippen molar-refractivity contribution in [3.05, 3.63) is 84.1 Å². The summed E-state index contributed by atoms with van der Waals surface area (Å²) in [4.78, 5) is 17.8. The molecule has 0 unspecified atom stereocenters. The summed E-state index contributed by atoms with van der Waals surface area (Å²) in [6.07, 6.45) is 3.29. The molecule has 1 amide bonds. The first kappa shape index (κ1) is 21.5. The monoisotopic (exact) mass is 472 g/mol. The third kappa shape index (κ3) is 4.16. The van der Waals surface area contributed by atoms with Gasteiger partial charge in [0, 0.05) is 17.1 Å². The van der Waals surface area contributed by atoms with Crippen molar-refractivity contribution in [1.29, 1.82) is 0 Å². The van der Waals surface area contributed by atoms with E-state index in [4.69, 9.17) is 19.0 Å². The summed E-state index contributed by atoms with van der Waals surface area (Å²) < 4.78 is 17.9. The minimum atomic E-state index is -0.327. The summed E-state index contributed by atoms with van der Waals surface area (Å²) in [5.41, 5.74) is 3.10. The number of carbonyl (C=O) groups excluding carboxylic acids is 1. The molecule has 9 heteroatoms. The van der Waals surface area contributed by atoms with Crippen LogP contribution in [0.2, 0.25) is 0 Å². The molecule has 0 spiro atoms. The lowest BCUT2D eigenvalue weighted by Crippen LogP contribution is -2.12. The number of para-hydroxylation sites is 1. The number of anilines is 1. The average molecular weight is 473 g/mol. The number of nitrogens with zero attached hydrogens (tertiary/aromatic N) is 3. The fraction of sp³-hybridized carbons (Fsp3) is 0.0800. The smallest absolute Gasteiger partial charge is 0.261 e. The minimum absolute atomic E-state index is 0.327. The maximum absolute atomic E-state index is 13.3. The molecule has 2 aromatic carbocycles. The van der Waals surface area contributed by atoms with Crippen LogP contribution in [0.3, 0.4) is 0 Å². The molecule has 5 aromatic rings. The molecule has 0 fully saturated rings. The molecular formula is C25H20N4O4S. The molecule has 0 aliphatic rings. The van der Waals surface area contributed by atoms with Gasteiger partial charge in [0.15, 0.2) is 22.4 Å². The normalized spacial score (nSPS) is 10.8. The highest BCUT2D eigenvalue weighted by Gasteiger charge is 2.21. The standard InChI is InChI=1S/C25H20N4O4S/c1-31-21-11-10-16(13-22(21)32-2)23-18(14-29(28-23)17-7-4-3-5-8-17)24(30)27-25-26-19(15-34-25)20-9-6-12-33-20/h3-15H,1-2H3,(H,26,27,30). The lowest BCUT2D eigenvalue weighted by atomic mass is 10.1. The number of thiazole rings is 1. The Morgan fingerprint density at radius 1 is 1.03 bits per heavy atom. The summed E-state index contributed by atoms with van der Waals surface area (Å²) in [7, 11) is 3.14. The van der Waals surface area contributed by atoms with Gasteiger partial charge in [-0.05, 0) is 42.5 Å². The fourth-order valence-corrected chi connectivity index (χ4v) is 4.18. The molecule has 3 aromatic heterocycles. The van der Waals surface area contributed by atoms with E-state index in [-0.39, 0.29) is 5.91 Å². The number of amides is 1. The number of hydrogen-bond acceptors (Lipinski definition) is 7. The third-order valence-corrected chi connectivity index (χ3v) is 5.89. The van der Waals surface area contributed by atoms with Gasteiger partial charge in [0.2, 0.25) is 0 Å². The predicted molar refractivity (Wildman–Crippen MR) is 130 cm³/mol. The number of benzene rings is 2. The molecule has 0 saturated carbocycles. The number of aromatic nitrogens is 3. The highest BCUT2D eigenvalue weighted by molar-refractivity contribution is 7.14. The summed E-state index contributed by atoms with van der Waals surface area (Å²) in [5.74, 6) is 1.45. The Kier molecular flexibility index (Phi) is 5.84. The van der Waals surface area contributed by atoms with Gasteiger partial charge in [-0.15, -0.1) is 11.3 Å². The van der Waals surface area contributed by atoms with Crippen LogP contribution in [0.15, 0.2) is 82.9 Å². The van der Waals surface area contributed by atoms with E-state index in [9.17, 15) is 4.79 Å². The molecule has 8 nitrogen and oxygen atoms in total. The molecule has 0 bridgehead atoms.